The molecule has 1 aromatic carbocycles. The Kier molecular flexibility index (Phi) is 3.02. The zero-order valence-corrected chi connectivity index (χ0v) is 8.94. The van der Waals surface area contributed by atoms with Crippen LogP contribution in [0.2, 0.25) is 0 Å². The van der Waals surface area contributed by atoms with Crippen molar-refractivity contribution >= 4 is 5.91 Å². The molecule has 1 aromatic rings. The summed E-state index contributed by atoms with van der Waals surface area (Å²) in [7, 11) is 0. The number of nitrogens with zero attached hydrogens (tertiary/aromatic N) is 1. The first kappa shape index (κ1) is 10.2. The largest absolute Gasteiger partial charge is 0.353 e. The smallest absolute Gasteiger partial charge is 0.242 e. The number of piperazine rings is 1. The predicted octanol–water partition coefficient (Wildman–Crippen LogP) is 1.18. The molecule has 1 N–H and O–H groups in total. The molecule has 0 unspecified atom stereocenters. The van der Waals surface area contributed by atoms with E-state index in [1.165, 1.54) is 0 Å². The summed E-state index contributed by atoms with van der Waals surface area (Å²) in [6.45, 7) is 4.69. The Bertz CT molecular complexity index is 337. The van der Waals surface area contributed by atoms with Crippen LogP contribution in [0.4, 0.5) is 0 Å². The van der Waals surface area contributed by atoms with Crippen LogP contribution in [0.15, 0.2) is 30.3 Å². The van der Waals surface area contributed by atoms with Gasteiger partial charge in [0.05, 0.1) is 0 Å². The fraction of sp³-hybridized carbons (Fsp3) is 0.417. The van der Waals surface area contributed by atoms with E-state index in [1.807, 2.05) is 30.3 Å². The average molecular weight is 204 g/mol. The Morgan fingerprint density at radius 3 is 2.80 bits per heavy atom. The van der Waals surface area contributed by atoms with Crippen molar-refractivity contribution in [2.24, 2.45) is 0 Å². The molecular formula is C12H16N2O. The number of likely N-dealkylation sites (N-methyl/N-ethyl adjacent to an activating group) is 1. The molecule has 1 aliphatic heterocycles. The van der Waals surface area contributed by atoms with Gasteiger partial charge in [-0.1, -0.05) is 37.3 Å². The molecule has 1 atom stereocenters. The normalized spacial score (nSPS) is 22.5. The van der Waals surface area contributed by atoms with Crippen LogP contribution in [-0.2, 0) is 4.79 Å². The van der Waals surface area contributed by atoms with Gasteiger partial charge in [0.1, 0.15) is 6.04 Å². The van der Waals surface area contributed by atoms with E-state index in [9.17, 15) is 4.79 Å². The van der Waals surface area contributed by atoms with E-state index in [4.69, 9.17) is 0 Å². The second-order valence-corrected chi connectivity index (χ2v) is 3.73. The average Bonchev–Trinajstić information content (AvgIpc) is 2.29. The van der Waals surface area contributed by atoms with Crippen LogP contribution in [0.25, 0.3) is 0 Å². The molecule has 1 heterocycles. The number of carbonyl (C=O) groups is 1. The molecule has 2 rings (SSSR count). The fourth-order valence-electron chi connectivity index (χ4n) is 2.05. The molecule has 0 bridgehead atoms. The summed E-state index contributed by atoms with van der Waals surface area (Å²) in [4.78, 5) is 14.0. The van der Waals surface area contributed by atoms with Crippen molar-refractivity contribution < 1.29 is 4.79 Å². The minimum atomic E-state index is -0.107. The van der Waals surface area contributed by atoms with E-state index in [0.29, 0.717) is 0 Å². The van der Waals surface area contributed by atoms with E-state index >= 15 is 0 Å². The summed E-state index contributed by atoms with van der Waals surface area (Å²) in [5.41, 5.74) is 1.08. The summed E-state index contributed by atoms with van der Waals surface area (Å²) in [5, 5.41) is 2.91. The molecule has 1 aliphatic rings. The van der Waals surface area contributed by atoms with Crippen LogP contribution >= 0.6 is 0 Å². The lowest BCUT2D eigenvalue weighted by atomic mass is 10.0. The van der Waals surface area contributed by atoms with Gasteiger partial charge in [0.25, 0.3) is 0 Å². The predicted molar refractivity (Wildman–Crippen MR) is 59.4 cm³/mol. The first-order chi connectivity index (χ1) is 7.33. The number of carbonyl (C=O) groups excluding carboxylic acids is 1. The highest BCUT2D eigenvalue weighted by molar-refractivity contribution is 5.83. The monoisotopic (exact) mass is 204 g/mol. The van der Waals surface area contributed by atoms with Gasteiger partial charge >= 0.3 is 0 Å². The van der Waals surface area contributed by atoms with Crippen molar-refractivity contribution in [2.75, 3.05) is 19.6 Å². The topological polar surface area (TPSA) is 32.3 Å². The third kappa shape index (κ3) is 2.02. The summed E-state index contributed by atoms with van der Waals surface area (Å²) in [6, 6.07) is 9.84. The molecule has 1 amide bonds. The first-order valence-corrected chi connectivity index (χ1v) is 5.39. The standard InChI is InChI=1S/C12H16N2O/c1-2-14-9-8-13-12(15)11(14)10-6-4-3-5-7-10/h3-7,11H,2,8-9H2,1H3,(H,13,15)/t11-/m1/s1. The van der Waals surface area contributed by atoms with Crippen molar-refractivity contribution in [3.05, 3.63) is 35.9 Å². The summed E-state index contributed by atoms with van der Waals surface area (Å²) >= 11 is 0. The zero-order valence-electron chi connectivity index (χ0n) is 8.94. The van der Waals surface area contributed by atoms with Crippen molar-refractivity contribution in [3.63, 3.8) is 0 Å². The summed E-state index contributed by atoms with van der Waals surface area (Å²) < 4.78 is 0. The van der Waals surface area contributed by atoms with Gasteiger partial charge in [-0.3, -0.25) is 9.69 Å². The van der Waals surface area contributed by atoms with Crippen LogP contribution in [0, 0.1) is 0 Å². The van der Waals surface area contributed by atoms with Crippen molar-refractivity contribution in [2.45, 2.75) is 13.0 Å². The molecule has 0 radical (unpaired) electrons. The van der Waals surface area contributed by atoms with Crippen LogP contribution in [0.1, 0.15) is 18.5 Å². The van der Waals surface area contributed by atoms with E-state index < -0.39 is 0 Å². The summed E-state index contributed by atoms with van der Waals surface area (Å²) in [6.07, 6.45) is 0. The minimum absolute atomic E-state index is 0.107. The number of rotatable bonds is 2. The van der Waals surface area contributed by atoms with E-state index in [0.717, 1.165) is 25.2 Å². The third-order valence-corrected chi connectivity index (χ3v) is 2.83. The maximum atomic E-state index is 11.8. The highest BCUT2D eigenvalue weighted by atomic mass is 16.2. The molecule has 1 saturated heterocycles. The maximum absolute atomic E-state index is 11.8. The Balaban J connectivity index is 2.27. The molecule has 0 aromatic heterocycles. The van der Waals surface area contributed by atoms with E-state index in [-0.39, 0.29) is 11.9 Å². The number of hydrogen-bond acceptors (Lipinski definition) is 2. The van der Waals surface area contributed by atoms with Crippen LogP contribution in [0.5, 0.6) is 0 Å². The fourth-order valence-corrected chi connectivity index (χ4v) is 2.05. The van der Waals surface area contributed by atoms with Gasteiger partial charge in [0, 0.05) is 13.1 Å². The Labute approximate surface area is 90.1 Å². The second kappa shape index (κ2) is 4.45. The molecular weight excluding hydrogens is 188 g/mol. The quantitative estimate of drug-likeness (QED) is 0.784. The van der Waals surface area contributed by atoms with Gasteiger partial charge in [-0.05, 0) is 12.1 Å². The zero-order chi connectivity index (χ0) is 10.7. The van der Waals surface area contributed by atoms with Gasteiger partial charge in [-0.2, -0.15) is 0 Å². The molecule has 0 saturated carbocycles. The lowest BCUT2D eigenvalue weighted by Gasteiger charge is -2.34. The minimum Gasteiger partial charge on any atom is -0.353 e. The highest BCUT2D eigenvalue weighted by Gasteiger charge is 2.29. The number of benzene rings is 1. The van der Waals surface area contributed by atoms with Gasteiger partial charge in [-0.15, -0.1) is 0 Å². The van der Waals surface area contributed by atoms with Gasteiger partial charge in [0.15, 0.2) is 0 Å². The number of nitrogens with one attached hydrogen (secondary N) is 1. The lowest BCUT2D eigenvalue weighted by Crippen LogP contribution is -2.49. The molecule has 1 fully saturated rings. The van der Waals surface area contributed by atoms with Gasteiger partial charge < -0.3 is 5.32 Å². The Hall–Kier alpha value is -1.35. The van der Waals surface area contributed by atoms with Crippen LogP contribution in [-0.4, -0.2) is 30.4 Å². The van der Waals surface area contributed by atoms with E-state index in [2.05, 4.69) is 17.1 Å². The van der Waals surface area contributed by atoms with Gasteiger partial charge in [-0.25, -0.2) is 0 Å². The number of amides is 1. The lowest BCUT2D eigenvalue weighted by molar-refractivity contribution is -0.129. The van der Waals surface area contributed by atoms with Crippen molar-refractivity contribution in [3.8, 4) is 0 Å². The van der Waals surface area contributed by atoms with Crippen molar-refractivity contribution in [1.29, 1.82) is 0 Å². The number of hydrogen-bond donors (Lipinski definition) is 1. The molecule has 80 valence electrons. The Morgan fingerprint density at radius 2 is 2.13 bits per heavy atom. The first-order valence-electron chi connectivity index (χ1n) is 5.39. The van der Waals surface area contributed by atoms with Crippen molar-refractivity contribution in [1.82, 2.24) is 10.2 Å². The third-order valence-electron chi connectivity index (χ3n) is 2.83. The Morgan fingerprint density at radius 1 is 1.40 bits per heavy atom. The SMILES string of the molecule is CCN1CCNC(=O)[C@H]1c1ccccc1. The molecule has 3 heteroatoms. The maximum Gasteiger partial charge on any atom is 0.242 e. The van der Waals surface area contributed by atoms with Gasteiger partial charge in [0.2, 0.25) is 5.91 Å². The molecule has 15 heavy (non-hydrogen) atoms. The van der Waals surface area contributed by atoms with Crippen LogP contribution in [0.3, 0.4) is 0 Å². The second-order valence-electron chi connectivity index (χ2n) is 3.73. The van der Waals surface area contributed by atoms with Crippen LogP contribution < -0.4 is 5.32 Å². The molecule has 0 aliphatic carbocycles. The molecule has 0 spiro atoms. The summed E-state index contributed by atoms with van der Waals surface area (Å²) in [5.74, 6) is 0.120. The van der Waals surface area contributed by atoms with E-state index in [1.54, 1.807) is 0 Å². The molecule has 3 nitrogen and oxygen atoms in total. The highest BCUT2D eigenvalue weighted by Crippen LogP contribution is 2.22.